The molecule has 0 aliphatic rings. The van der Waals surface area contributed by atoms with Gasteiger partial charge in [-0.25, -0.2) is 8.42 Å². The molecule has 0 saturated carbocycles. The molecule has 0 bridgehead atoms. The second-order valence-electron chi connectivity index (χ2n) is 4.64. The molecule has 1 unspecified atom stereocenters. The van der Waals surface area contributed by atoms with E-state index in [1.807, 2.05) is 6.92 Å². The molecule has 0 aromatic heterocycles. The average Bonchev–Trinajstić information content (AvgIpc) is 2.39. The standard InChI is InChI=1S/C14H23NO4S/c1-3-10-20(17,18)14-7-5-4-6-13(14)15-9-8-12(16)11-19-2/h4-7,12,15-16H,3,8-11H2,1-2H3. The number of hydrogen-bond donors (Lipinski definition) is 2. The summed E-state index contributed by atoms with van der Waals surface area (Å²) in [5, 5.41) is 12.6. The second-order valence-corrected chi connectivity index (χ2v) is 6.72. The van der Waals surface area contributed by atoms with Crippen molar-refractivity contribution in [1.82, 2.24) is 0 Å². The van der Waals surface area contributed by atoms with Gasteiger partial charge < -0.3 is 15.2 Å². The Bertz CT molecular complexity index is 502. The van der Waals surface area contributed by atoms with Gasteiger partial charge in [0.2, 0.25) is 0 Å². The van der Waals surface area contributed by atoms with Crippen LogP contribution in [0.3, 0.4) is 0 Å². The van der Waals surface area contributed by atoms with Gasteiger partial charge in [-0.05, 0) is 25.0 Å². The molecule has 1 atom stereocenters. The summed E-state index contributed by atoms with van der Waals surface area (Å²) in [6, 6.07) is 6.86. The van der Waals surface area contributed by atoms with Crippen LogP contribution in [0.4, 0.5) is 5.69 Å². The Hall–Kier alpha value is -1.11. The molecule has 2 N–H and O–H groups in total. The Morgan fingerprint density at radius 3 is 2.70 bits per heavy atom. The van der Waals surface area contributed by atoms with Crippen LogP contribution in [0, 0.1) is 0 Å². The molecule has 5 nitrogen and oxygen atoms in total. The predicted octanol–water partition coefficient (Wildman–Crippen LogP) is 1.68. The third kappa shape index (κ3) is 5.11. The first kappa shape index (κ1) is 16.9. The summed E-state index contributed by atoms with van der Waals surface area (Å²) in [5.74, 6) is 0.137. The summed E-state index contributed by atoms with van der Waals surface area (Å²) < 4.78 is 29.1. The van der Waals surface area contributed by atoms with Gasteiger partial charge in [-0.2, -0.15) is 0 Å². The molecule has 1 rings (SSSR count). The van der Waals surface area contributed by atoms with Crippen molar-refractivity contribution >= 4 is 15.5 Å². The van der Waals surface area contributed by atoms with E-state index in [0.717, 1.165) is 0 Å². The molecule has 6 heteroatoms. The zero-order valence-electron chi connectivity index (χ0n) is 12.0. The van der Waals surface area contributed by atoms with E-state index in [9.17, 15) is 13.5 Å². The summed E-state index contributed by atoms with van der Waals surface area (Å²) >= 11 is 0. The fourth-order valence-electron chi connectivity index (χ4n) is 1.91. The first-order valence-corrected chi connectivity index (χ1v) is 8.39. The molecular formula is C14H23NO4S. The lowest BCUT2D eigenvalue weighted by Crippen LogP contribution is -2.19. The van der Waals surface area contributed by atoms with Crippen LogP contribution < -0.4 is 5.32 Å². The highest BCUT2D eigenvalue weighted by atomic mass is 32.2. The van der Waals surface area contributed by atoms with Crippen molar-refractivity contribution in [3.63, 3.8) is 0 Å². The fourth-order valence-corrected chi connectivity index (χ4v) is 3.43. The van der Waals surface area contributed by atoms with Crippen LogP contribution in [0.25, 0.3) is 0 Å². The summed E-state index contributed by atoms with van der Waals surface area (Å²) in [6.45, 7) is 2.61. The van der Waals surface area contributed by atoms with Gasteiger partial charge in [-0.1, -0.05) is 19.1 Å². The van der Waals surface area contributed by atoms with E-state index in [0.29, 0.717) is 30.0 Å². The van der Waals surface area contributed by atoms with E-state index in [1.165, 1.54) is 7.11 Å². The molecule has 0 amide bonds. The third-order valence-corrected chi connectivity index (χ3v) is 4.82. The minimum absolute atomic E-state index is 0.137. The normalized spacial score (nSPS) is 13.2. The zero-order valence-corrected chi connectivity index (χ0v) is 12.8. The first-order chi connectivity index (χ1) is 9.51. The highest BCUT2D eigenvalue weighted by Gasteiger charge is 2.17. The number of aliphatic hydroxyl groups is 1. The minimum Gasteiger partial charge on any atom is -0.391 e. The van der Waals surface area contributed by atoms with Crippen molar-refractivity contribution in [1.29, 1.82) is 0 Å². The van der Waals surface area contributed by atoms with E-state index in [2.05, 4.69) is 5.32 Å². The van der Waals surface area contributed by atoms with E-state index in [4.69, 9.17) is 4.74 Å². The number of sulfone groups is 1. The van der Waals surface area contributed by atoms with Crippen molar-refractivity contribution in [2.75, 3.05) is 31.3 Å². The van der Waals surface area contributed by atoms with Crippen LogP contribution in [0.5, 0.6) is 0 Å². The van der Waals surface area contributed by atoms with Gasteiger partial charge >= 0.3 is 0 Å². The maximum atomic E-state index is 12.1. The summed E-state index contributed by atoms with van der Waals surface area (Å²) in [6.07, 6.45) is 0.533. The Morgan fingerprint density at radius 1 is 1.35 bits per heavy atom. The SMILES string of the molecule is CCCS(=O)(=O)c1ccccc1NCCC(O)COC. The number of rotatable bonds is 9. The van der Waals surface area contributed by atoms with Crippen molar-refractivity contribution < 1.29 is 18.3 Å². The largest absolute Gasteiger partial charge is 0.391 e. The molecule has 0 radical (unpaired) electrons. The molecule has 1 aromatic rings. The van der Waals surface area contributed by atoms with E-state index >= 15 is 0 Å². The zero-order chi connectivity index (χ0) is 15.0. The Balaban J connectivity index is 2.72. The van der Waals surface area contributed by atoms with Gasteiger partial charge in [0.05, 0.1) is 29.0 Å². The summed E-state index contributed by atoms with van der Waals surface area (Å²) in [5.41, 5.74) is 0.588. The van der Waals surface area contributed by atoms with Gasteiger partial charge in [0.1, 0.15) is 0 Å². The van der Waals surface area contributed by atoms with Crippen LogP contribution in [-0.2, 0) is 14.6 Å². The monoisotopic (exact) mass is 301 g/mol. The maximum absolute atomic E-state index is 12.1. The van der Waals surface area contributed by atoms with Crippen molar-refractivity contribution in [2.24, 2.45) is 0 Å². The van der Waals surface area contributed by atoms with Gasteiger partial charge in [0, 0.05) is 13.7 Å². The number of ether oxygens (including phenoxy) is 1. The molecule has 0 saturated heterocycles. The van der Waals surface area contributed by atoms with Gasteiger partial charge in [-0.15, -0.1) is 0 Å². The number of nitrogens with one attached hydrogen (secondary N) is 1. The molecule has 0 spiro atoms. The molecule has 0 aliphatic heterocycles. The van der Waals surface area contributed by atoms with E-state index in [1.54, 1.807) is 24.3 Å². The maximum Gasteiger partial charge on any atom is 0.180 e. The van der Waals surface area contributed by atoms with Crippen LogP contribution in [0.2, 0.25) is 0 Å². The van der Waals surface area contributed by atoms with Crippen molar-refractivity contribution in [3.8, 4) is 0 Å². The quantitative estimate of drug-likeness (QED) is 0.726. The third-order valence-electron chi connectivity index (χ3n) is 2.85. The fraction of sp³-hybridized carbons (Fsp3) is 0.571. The molecule has 114 valence electrons. The Labute approximate surface area is 120 Å². The Morgan fingerprint density at radius 2 is 2.05 bits per heavy atom. The lowest BCUT2D eigenvalue weighted by Gasteiger charge is -2.14. The predicted molar refractivity (Wildman–Crippen MR) is 79.8 cm³/mol. The number of para-hydroxylation sites is 1. The first-order valence-electron chi connectivity index (χ1n) is 6.74. The van der Waals surface area contributed by atoms with Crippen LogP contribution in [0.1, 0.15) is 19.8 Å². The van der Waals surface area contributed by atoms with Gasteiger partial charge in [0.15, 0.2) is 9.84 Å². The topological polar surface area (TPSA) is 75.6 Å². The van der Waals surface area contributed by atoms with Crippen molar-refractivity contribution in [2.45, 2.75) is 30.8 Å². The number of benzene rings is 1. The molecule has 0 heterocycles. The number of aliphatic hydroxyl groups excluding tert-OH is 1. The Kier molecular flexibility index (Phi) is 6.98. The van der Waals surface area contributed by atoms with E-state index < -0.39 is 15.9 Å². The van der Waals surface area contributed by atoms with Crippen LogP contribution in [-0.4, -0.2) is 45.6 Å². The molecule has 1 aromatic carbocycles. The van der Waals surface area contributed by atoms with Gasteiger partial charge in [0.25, 0.3) is 0 Å². The van der Waals surface area contributed by atoms with Gasteiger partial charge in [-0.3, -0.25) is 0 Å². The molecule has 0 fully saturated rings. The van der Waals surface area contributed by atoms with Crippen LogP contribution >= 0.6 is 0 Å². The average molecular weight is 301 g/mol. The summed E-state index contributed by atoms with van der Waals surface area (Å²) in [7, 11) is -1.72. The van der Waals surface area contributed by atoms with Crippen molar-refractivity contribution in [3.05, 3.63) is 24.3 Å². The smallest absolute Gasteiger partial charge is 0.180 e. The highest BCUT2D eigenvalue weighted by molar-refractivity contribution is 7.91. The number of anilines is 1. The lowest BCUT2D eigenvalue weighted by atomic mass is 10.2. The second kappa shape index (κ2) is 8.24. The minimum atomic E-state index is -3.25. The number of methoxy groups -OCH3 is 1. The molecular weight excluding hydrogens is 278 g/mol. The van der Waals surface area contributed by atoms with Crippen LogP contribution in [0.15, 0.2) is 29.2 Å². The number of hydrogen-bond acceptors (Lipinski definition) is 5. The summed E-state index contributed by atoms with van der Waals surface area (Å²) in [4.78, 5) is 0.322. The van der Waals surface area contributed by atoms with E-state index in [-0.39, 0.29) is 12.4 Å². The molecule has 20 heavy (non-hydrogen) atoms. The molecule has 0 aliphatic carbocycles. The highest BCUT2D eigenvalue weighted by Crippen LogP contribution is 2.22. The lowest BCUT2D eigenvalue weighted by molar-refractivity contribution is 0.0615.